The maximum Gasteiger partial charge on any atom is 0.269 e. The zero-order valence-electron chi connectivity index (χ0n) is 18.1. The van der Waals surface area contributed by atoms with E-state index >= 15 is 0 Å². The summed E-state index contributed by atoms with van der Waals surface area (Å²) in [6.45, 7) is 4.27. The molecule has 2 aromatic rings. The minimum Gasteiger partial charge on any atom is -0.258 e. The van der Waals surface area contributed by atoms with Crippen molar-refractivity contribution in [1.82, 2.24) is 0 Å². The molecule has 0 spiro atoms. The Morgan fingerprint density at radius 2 is 1.29 bits per heavy atom. The first-order chi connectivity index (χ1) is 15.1. The molecule has 0 saturated carbocycles. The molecule has 3 heteroatoms. The van der Waals surface area contributed by atoms with Crippen molar-refractivity contribution in [2.24, 2.45) is 0 Å². The number of nitro groups is 1. The minimum atomic E-state index is -0.411. The summed E-state index contributed by atoms with van der Waals surface area (Å²) >= 11 is 0. The van der Waals surface area contributed by atoms with Crippen LogP contribution in [0.2, 0.25) is 0 Å². The lowest BCUT2D eigenvalue weighted by atomic mass is 10.0. The van der Waals surface area contributed by atoms with Crippen molar-refractivity contribution in [3.63, 3.8) is 0 Å². The topological polar surface area (TPSA) is 43.1 Å². The molecule has 0 unspecified atom stereocenters. The van der Waals surface area contributed by atoms with E-state index in [1.807, 2.05) is 42.5 Å². The highest BCUT2D eigenvalue weighted by Gasteiger charge is 2.02. The van der Waals surface area contributed by atoms with E-state index in [-0.39, 0.29) is 5.69 Å². The largest absolute Gasteiger partial charge is 0.269 e. The van der Waals surface area contributed by atoms with Gasteiger partial charge in [-0.15, -0.1) is 0 Å². The second-order valence-corrected chi connectivity index (χ2v) is 6.88. The summed E-state index contributed by atoms with van der Waals surface area (Å²) in [5, 5.41) is 10.9. The molecule has 156 valence electrons. The van der Waals surface area contributed by atoms with Crippen molar-refractivity contribution < 1.29 is 4.92 Å². The molecule has 0 aliphatic heterocycles. The van der Waals surface area contributed by atoms with Crippen LogP contribution in [-0.2, 0) is 0 Å². The van der Waals surface area contributed by atoms with Gasteiger partial charge in [0.05, 0.1) is 4.92 Å². The molecule has 0 N–H and O–H groups in total. The molecule has 0 saturated heterocycles. The van der Waals surface area contributed by atoms with Crippen molar-refractivity contribution in [3.05, 3.63) is 111 Å². The fraction of sp³-hybridized carbons (Fsp3) is 0.214. The van der Waals surface area contributed by atoms with E-state index in [0.29, 0.717) is 0 Å². The van der Waals surface area contributed by atoms with Crippen LogP contribution in [0.1, 0.15) is 50.7 Å². The number of benzene rings is 2. The molecule has 0 heterocycles. The van der Waals surface area contributed by atoms with Crippen LogP contribution in [0, 0.1) is 33.8 Å². The van der Waals surface area contributed by atoms with E-state index in [0.717, 1.165) is 48.0 Å². The highest BCUT2D eigenvalue weighted by atomic mass is 16.6. The van der Waals surface area contributed by atoms with Crippen LogP contribution in [0.15, 0.2) is 90.0 Å². The van der Waals surface area contributed by atoms with Crippen LogP contribution >= 0.6 is 0 Å². The number of hydrogen-bond donors (Lipinski definition) is 0. The van der Waals surface area contributed by atoms with Gasteiger partial charge in [-0.1, -0.05) is 80.7 Å². The molecule has 0 aromatic heterocycles. The lowest BCUT2D eigenvalue weighted by molar-refractivity contribution is -0.384. The Morgan fingerprint density at radius 1 is 0.806 bits per heavy atom. The second-order valence-electron chi connectivity index (χ2n) is 6.88. The average Bonchev–Trinajstić information content (AvgIpc) is 2.79. The van der Waals surface area contributed by atoms with Crippen LogP contribution in [0.3, 0.4) is 0 Å². The summed E-state index contributed by atoms with van der Waals surface area (Å²) in [6, 6.07) is 16.1. The molecule has 0 amide bonds. The van der Waals surface area contributed by atoms with Gasteiger partial charge in [-0.25, -0.2) is 0 Å². The third-order valence-electron chi connectivity index (χ3n) is 4.30. The van der Waals surface area contributed by atoms with E-state index < -0.39 is 4.92 Å². The molecule has 2 aromatic carbocycles. The summed E-state index contributed by atoms with van der Waals surface area (Å²) < 4.78 is 0. The van der Waals surface area contributed by atoms with Crippen molar-refractivity contribution in [2.45, 2.75) is 39.5 Å². The predicted octanol–water partition coefficient (Wildman–Crippen LogP) is 7.01. The summed E-state index contributed by atoms with van der Waals surface area (Å²) in [5.41, 5.74) is 3.42. The van der Waals surface area contributed by atoms with E-state index in [1.54, 1.807) is 12.1 Å². The Balaban J connectivity index is 2.49. The summed E-state index contributed by atoms with van der Waals surface area (Å²) in [5.74, 6) is 12.9. The van der Waals surface area contributed by atoms with Crippen LogP contribution < -0.4 is 0 Å². The zero-order chi connectivity index (χ0) is 22.3. The van der Waals surface area contributed by atoms with Gasteiger partial charge in [0.25, 0.3) is 5.69 Å². The van der Waals surface area contributed by atoms with Crippen molar-refractivity contribution in [2.75, 3.05) is 0 Å². The lowest BCUT2D eigenvalue weighted by Gasteiger charge is -1.98. The van der Waals surface area contributed by atoms with E-state index in [9.17, 15) is 10.1 Å². The molecule has 31 heavy (non-hydrogen) atoms. The van der Waals surface area contributed by atoms with E-state index in [4.69, 9.17) is 0 Å². The molecule has 0 fully saturated rings. The zero-order valence-corrected chi connectivity index (χ0v) is 18.1. The molecule has 0 aliphatic carbocycles. The quantitative estimate of drug-likeness (QED) is 0.214. The van der Waals surface area contributed by atoms with Gasteiger partial charge >= 0.3 is 0 Å². The van der Waals surface area contributed by atoms with E-state index in [1.165, 1.54) is 12.1 Å². The Hall–Kier alpha value is -3.82. The van der Waals surface area contributed by atoms with Gasteiger partial charge in [0.1, 0.15) is 0 Å². The van der Waals surface area contributed by atoms with Gasteiger partial charge in [0.2, 0.25) is 0 Å². The molecule has 3 nitrogen and oxygen atoms in total. The third kappa shape index (κ3) is 8.60. The molecule has 0 radical (unpaired) electrons. The number of hydrogen-bond acceptors (Lipinski definition) is 2. The maximum absolute atomic E-state index is 10.9. The molecule has 0 atom stereocenters. The maximum atomic E-state index is 10.9. The third-order valence-corrected chi connectivity index (χ3v) is 4.30. The fourth-order valence-corrected chi connectivity index (χ4v) is 2.60. The van der Waals surface area contributed by atoms with Gasteiger partial charge in [0.15, 0.2) is 0 Å². The second kappa shape index (κ2) is 13.4. The number of rotatable bonds is 7. The first kappa shape index (κ1) is 23.5. The van der Waals surface area contributed by atoms with Crippen molar-refractivity contribution in [1.29, 1.82) is 0 Å². The normalized spacial score (nSPS) is 11.4. The van der Waals surface area contributed by atoms with Gasteiger partial charge in [0, 0.05) is 34.4 Å². The SMILES string of the molecule is CCC/C=C/C(C#Cc1ccccc1)=C(C#Cc1ccc([N+](=O)[O-])cc1)/C=C/CCC. The first-order valence-electron chi connectivity index (χ1n) is 10.5. The molecular formula is C28H27NO2. The van der Waals surface area contributed by atoms with Crippen molar-refractivity contribution in [3.8, 4) is 23.7 Å². The highest BCUT2D eigenvalue weighted by molar-refractivity contribution is 5.57. The van der Waals surface area contributed by atoms with Crippen molar-refractivity contribution >= 4 is 5.69 Å². The molecule has 0 aliphatic rings. The highest BCUT2D eigenvalue weighted by Crippen LogP contribution is 2.13. The van der Waals surface area contributed by atoms with Gasteiger partial charge < -0.3 is 0 Å². The Bertz CT molecular complexity index is 1070. The number of unbranched alkanes of at least 4 members (excludes halogenated alkanes) is 2. The van der Waals surface area contributed by atoms with Crippen LogP contribution in [-0.4, -0.2) is 4.92 Å². The Kier molecular flexibility index (Phi) is 10.1. The summed E-state index contributed by atoms with van der Waals surface area (Å²) in [4.78, 5) is 10.4. The monoisotopic (exact) mass is 409 g/mol. The lowest BCUT2D eigenvalue weighted by Crippen LogP contribution is -1.87. The van der Waals surface area contributed by atoms with Gasteiger partial charge in [-0.3, -0.25) is 10.1 Å². The van der Waals surface area contributed by atoms with Gasteiger partial charge in [-0.2, -0.15) is 0 Å². The van der Waals surface area contributed by atoms with Crippen LogP contribution in [0.25, 0.3) is 0 Å². The predicted molar refractivity (Wildman–Crippen MR) is 128 cm³/mol. The first-order valence-corrected chi connectivity index (χ1v) is 10.5. The summed E-state index contributed by atoms with van der Waals surface area (Å²) in [7, 11) is 0. The number of allylic oxidation sites excluding steroid dienone is 6. The molecule has 0 bridgehead atoms. The standard InChI is InChI=1S/C28H27NO2/c1-3-5-8-14-26(20-16-24-12-10-7-11-13-24)27(15-9-6-4-2)21-17-25-18-22-28(23-19-25)29(30)31/h7-15,18-19,22-23H,3-6H2,1-2H3/b14-8+,15-9+,27-26+. The smallest absolute Gasteiger partial charge is 0.258 e. The number of nitro benzene ring substituents is 1. The minimum absolute atomic E-state index is 0.0565. The van der Waals surface area contributed by atoms with E-state index in [2.05, 4.69) is 49.7 Å². The van der Waals surface area contributed by atoms with Gasteiger partial charge in [-0.05, 0) is 49.3 Å². The number of nitrogens with zero attached hydrogens (tertiary/aromatic N) is 1. The average molecular weight is 410 g/mol. The van der Waals surface area contributed by atoms with Crippen LogP contribution in [0.5, 0.6) is 0 Å². The Morgan fingerprint density at radius 3 is 1.74 bits per heavy atom. The summed E-state index contributed by atoms with van der Waals surface area (Å²) in [6.07, 6.45) is 12.3. The molecular weight excluding hydrogens is 382 g/mol. The fourth-order valence-electron chi connectivity index (χ4n) is 2.60. The Labute approximate surface area is 185 Å². The molecule has 2 rings (SSSR count). The number of non-ortho nitro benzene ring substituents is 1. The van der Waals surface area contributed by atoms with Crippen LogP contribution in [0.4, 0.5) is 5.69 Å².